The summed E-state index contributed by atoms with van der Waals surface area (Å²) < 4.78 is 51.3. The largest absolute Gasteiger partial charge is 0.419 e. The van der Waals surface area contributed by atoms with Crippen LogP contribution in [0.25, 0.3) is 0 Å². The summed E-state index contributed by atoms with van der Waals surface area (Å²) >= 11 is 0. The summed E-state index contributed by atoms with van der Waals surface area (Å²) in [5.41, 5.74) is -1.50. The molecule has 1 heterocycles. The molecule has 1 aromatic rings. The molecule has 1 amide bonds. The minimum Gasteiger partial charge on any atom is -0.339 e. The SMILES string of the molecule is O=C(c1ccc(F)c(C(F)(F)F)c1)N1CCCCCCC1. The minimum atomic E-state index is -4.79. The zero-order chi connectivity index (χ0) is 15.5. The van der Waals surface area contributed by atoms with Crippen LogP contribution in [0.4, 0.5) is 17.6 Å². The quantitative estimate of drug-likeness (QED) is 0.710. The highest BCUT2D eigenvalue weighted by Crippen LogP contribution is 2.32. The first kappa shape index (κ1) is 15.8. The van der Waals surface area contributed by atoms with Crippen LogP contribution in [0.3, 0.4) is 0 Å². The lowest BCUT2D eigenvalue weighted by atomic mass is 10.1. The van der Waals surface area contributed by atoms with Crippen molar-refractivity contribution in [2.45, 2.75) is 38.3 Å². The second-order valence-electron chi connectivity index (χ2n) is 5.25. The molecule has 2 rings (SSSR count). The summed E-state index contributed by atoms with van der Waals surface area (Å²) in [4.78, 5) is 13.9. The fourth-order valence-corrected chi connectivity index (χ4v) is 2.51. The monoisotopic (exact) mass is 303 g/mol. The standard InChI is InChI=1S/C15H17F4NO/c16-13-7-6-11(10-12(13)15(17,18)19)14(21)20-8-4-2-1-3-5-9-20/h6-7,10H,1-5,8-9H2. The molecular formula is C15H17F4NO. The first-order valence-corrected chi connectivity index (χ1v) is 7.05. The topological polar surface area (TPSA) is 20.3 Å². The molecule has 0 aromatic heterocycles. The normalized spacial score (nSPS) is 17.2. The van der Waals surface area contributed by atoms with Crippen LogP contribution in [0.15, 0.2) is 18.2 Å². The third kappa shape index (κ3) is 3.95. The van der Waals surface area contributed by atoms with E-state index in [-0.39, 0.29) is 5.56 Å². The smallest absolute Gasteiger partial charge is 0.339 e. The number of carbonyl (C=O) groups is 1. The Kier molecular flexibility index (Phi) is 4.85. The van der Waals surface area contributed by atoms with Crippen molar-refractivity contribution in [1.29, 1.82) is 0 Å². The van der Waals surface area contributed by atoms with Gasteiger partial charge in [0.25, 0.3) is 5.91 Å². The van der Waals surface area contributed by atoms with Gasteiger partial charge in [-0.15, -0.1) is 0 Å². The highest BCUT2D eigenvalue weighted by molar-refractivity contribution is 5.94. The van der Waals surface area contributed by atoms with Gasteiger partial charge in [-0.1, -0.05) is 19.3 Å². The molecule has 0 radical (unpaired) electrons. The van der Waals surface area contributed by atoms with Gasteiger partial charge in [0, 0.05) is 18.7 Å². The van der Waals surface area contributed by atoms with Gasteiger partial charge in [-0.3, -0.25) is 4.79 Å². The Morgan fingerprint density at radius 1 is 1.00 bits per heavy atom. The van der Waals surface area contributed by atoms with E-state index < -0.39 is 23.5 Å². The Morgan fingerprint density at radius 3 is 2.14 bits per heavy atom. The third-order valence-corrected chi connectivity index (χ3v) is 3.66. The number of benzene rings is 1. The molecule has 1 saturated heterocycles. The van der Waals surface area contributed by atoms with Gasteiger partial charge in [-0.25, -0.2) is 4.39 Å². The maximum absolute atomic E-state index is 13.2. The zero-order valence-corrected chi connectivity index (χ0v) is 11.5. The third-order valence-electron chi connectivity index (χ3n) is 3.66. The van der Waals surface area contributed by atoms with Gasteiger partial charge >= 0.3 is 6.18 Å². The molecule has 1 fully saturated rings. The average Bonchev–Trinajstić information content (AvgIpc) is 2.36. The first-order chi connectivity index (χ1) is 9.89. The van der Waals surface area contributed by atoms with E-state index in [1.165, 1.54) is 0 Å². The molecule has 0 saturated carbocycles. The van der Waals surface area contributed by atoms with Gasteiger partial charge in [0.15, 0.2) is 0 Å². The van der Waals surface area contributed by atoms with Crippen LogP contribution in [-0.4, -0.2) is 23.9 Å². The summed E-state index contributed by atoms with van der Waals surface area (Å²) in [5, 5.41) is 0. The van der Waals surface area contributed by atoms with Gasteiger partial charge in [0.1, 0.15) is 5.82 Å². The van der Waals surface area contributed by atoms with Gasteiger partial charge < -0.3 is 4.90 Å². The van der Waals surface area contributed by atoms with E-state index >= 15 is 0 Å². The highest BCUT2D eigenvalue weighted by atomic mass is 19.4. The van der Waals surface area contributed by atoms with Gasteiger partial charge in [0.05, 0.1) is 5.56 Å². The molecule has 1 aromatic carbocycles. The molecule has 0 bridgehead atoms. The number of alkyl halides is 3. The molecule has 6 heteroatoms. The Morgan fingerprint density at radius 2 is 1.57 bits per heavy atom. The molecule has 0 unspecified atom stereocenters. The van der Waals surface area contributed by atoms with Crippen molar-refractivity contribution in [2.75, 3.05) is 13.1 Å². The van der Waals surface area contributed by atoms with E-state index in [9.17, 15) is 22.4 Å². The predicted molar refractivity (Wildman–Crippen MR) is 70.4 cm³/mol. The van der Waals surface area contributed by atoms with Gasteiger partial charge in [-0.05, 0) is 31.0 Å². The molecule has 0 aliphatic carbocycles. The van der Waals surface area contributed by atoms with Crippen molar-refractivity contribution in [1.82, 2.24) is 4.90 Å². The fraction of sp³-hybridized carbons (Fsp3) is 0.533. The molecule has 116 valence electrons. The molecule has 21 heavy (non-hydrogen) atoms. The van der Waals surface area contributed by atoms with E-state index in [4.69, 9.17) is 0 Å². The Labute approximate surface area is 120 Å². The molecule has 0 atom stereocenters. The summed E-state index contributed by atoms with van der Waals surface area (Å²) in [5.74, 6) is -1.81. The highest BCUT2D eigenvalue weighted by Gasteiger charge is 2.35. The lowest BCUT2D eigenvalue weighted by molar-refractivity contribution is -0.140. The van der Waals surface area contributed by atoms with Crippen molar-refractivity contribution in [3.8, 4) is 0 Å². The molecule has 1 aliphatic heterocycles. The number of amides is 1. The molecule has 0 spiro atoms. The van der Waals surface area contributed by atoms with Gasteiger partial charge in [-0.2, -0.15) is 13.2 Å². The minimum absolute atomic E-state index is 0.107. The molecule has 2 nitrogen and oxygen atoms in total. The van der Waals surface area contributed by atoms with E-state index in [1.54, 1.807) is 4.90 Å². The predicted octanol–water partition coefficient (Wildman–Crippen LogP) is 4.25. The van der Waals surface area contributed by atoms with Crippen LogP contribution in [-0.2, 0) is 6.18 Å². The van der Waals surface area contributed by atoms with E-state index in [0.29, 0.717) is 25.2 Å². The van der Waals surface area contributed by atoms with Crippen LogP contribution in [0.1, 0.15) is 48.0 Å². The van der Waals surface area contributed by atoms with Crippen molar-refractivity contribution >= 4 is 5.91 Å². The van der Waals surface area contributed by atoms with Crippen molar-refractivity contribution < 1.29 is 22.4 Å². The van der Waals surface area contributed by atoms with E-state index in [0.717, 1.165) is 38.2 Å². The number of rotatable bonds is 1. The van der Waals surface area contributed by atoms with Crippen LogP contribution < -0.4 is 0 Å². The second-order valence-corrected chi connectivity index (χ2v) is 5.25. The number of likely N-dealkylation sites (tertiary alicyclic amines) is 1. The zero-order valence-electron chi connectivity index (χ0n) is 11.5. The Balaban J connectivity index is 2.22. The number of hydrogen-bond donors (Lipinski definition) is 0. The van der Waals surface area contributed by atoms with E-state index in [2.05, 4.69) is 0 Å². The van der Waals surface area contributed by atoms with E-state index in [1.807, 2.05) is 0 Å². The summed E-state index contributed by atoms with van der Waals surface area (Å²) in [6, 6.07) is 2.43. The number of carbonyl (C=O) groups excluding carboxylic acids is 1. The number of hydrogen-bond acceptors (Lipinski definition) is 1. The number of nitrogens with zero attached hydrogens (tertiary/aromatic N) is 1. The van der Waals surface area contributed by atoms with Crippen LogP contribution in [0.2, 0.25) is 0 Å². The van der Waals surface area contributed by atoms with Crippen LogP contribution in [0, 0.1) is 5.82 Å². The molecule has 0 N–H and O–H groups in total. The van der Waals surface area contributed by atoms with Crippen molar-refractivity contribution in [3.05, 3.63) is 35.1 Å². The second kappa shape index (κ2) is 6.45. The van der Waals surface area contributed by atoms with Crippen molar-refractivity contribution in [3.63, 3.8) is 0 Å². The summed E-state index contributed by atoms with van der Waals surface area (Å²) in [6.45, 7) is 1.08. The maximum atomic E-state index is 13.2. The lowest BCUT2D eigenvalue weighted by Crippen LogP contribution is -2.34. The van der Waals surface area contributed by atoms with Crippen LogP contribution in [0.5, 0.6) is 0 Å². The molecule has 1 aliphatic rings. The molecular weight excluding hydrogens is 286 g/mol. The van der Waals surface area contributed by atoms with Crippen LogP contribution >= 0.6 is 0 Å². The number of halogens is 4. The van der Waals surface area contributed by atoms with Crippen molar-refractivity contribution in [2.24, 2.45) is 0 Å². The fourth-order valence-electron chi connectivity index (χ4n) is 2.51. The Hall–Kier alpha value is -1.59. The first-order valence-electron chi connectivity index (χ1n) is 7.05. The Bertz CT molecular complexity index is 505. The van der Waals surface area contributed by atoms with Gasteiger partial charge in [0.2, 0.25) is 0 Å². The maximum Gasteiger partial charge on any atom is 0.419 e. The summed E-state index contributed by atoms with van der Waals surface area (Å²) in [7, 11) is 0. The summed E-state index contributed by atoms with van der Waals surface area (Å²) in [6.07, 6.45) is 0.0492. The average molecular weight is 303 g/mol. The lowest BCUT2D eigenvalue weighted by Gasteiger charge is -2.25.